The molecule has 0 saturated carbocycles. The molecule has 17 heavy (non-hydrogen) atoms. The molecule has 0 radical (unpaired) electrons. The molecule has 0 fully saturated rings. The Bertz CT molecular complexity index is 643. The van der Waals surface area contributed by atoms with Gasteiger partial charge in [-0.25, -0.2) is 9.37 Å². The van der Waals surface area contributed by atoms with Crippen molar-refractivity contribution >= 4 is 22.4 Å². The number of aromatic nitrogens is 2. The van der Waals surface area contributed by atoms with E-state index in [0.717, 1.165) is 22.4 Å². The summed E-state index contributed by atoms with van der Waals surface area (Å²) in [5.41, 5.74) is 1.75. The first-order valence-corrected chi connectivity index (χ1v) is 5.27. The Morgan fingerprint density at radius 1 is 1.06 bits per heavy atom. The first-order valence-electron chi connectivity index (χ1n) is 5.27. The summed E-state index contributed by atoms with van der Waals surface area (Å²) in [6.45, 7) is 0. The Labute approximate surface area is 97.3 Å². The topological polar surface area (TPSA) is 40.7 Å². The third-order valence-corrected chi connectivity index (χ3v) is 2.58. The number of pyridine rings is 1. The smallest absolute Gasteiger partial charge is 0.154 e. The number of hydrogen-bond donors (Lipinski definition) is 2. The van der Waals surface area contributed by atoms with Gasteiger partial charge < -0.3 is 10.3 Å². The lowest BCUT2D eigenvalue weighted by Gasteiger charge is -2.06. The summed E-state index contributed by atoms with van der Waals surface area (Å²) in [6, 6.07) is 10.1. The fourth-order valence-electron chi connectivity index (χ4n) is 1.75. The minimum Gasteiger partial charge on any atom is -0.358 e. The molecule has 0 bridgehead atoms. The molecule has 4 heteroatoms. The average molecular weight is 227 g/mol. The normalized spacial score (nSPS) is 10.6. The van der Waals surface area contributed by atoms with Gasteiger partial charge in [-0.15, -0.1) is 0 Å². The van der Waals surface area contributed by atoms with Gasteiger partial charge in [-0.3, -0.25) is 0 Å². The van der Waals surface area contributed by atoms with Crippen LogP contribution in [0, 0.1) is 5.82 Å². The lowest BCUT2D eigenvalue weighted by molar-refractivity contribution is 0.628. The van der Waals surface area contributed by atoms with Crippen molar-refractivity contribution in [3.63, 3.8) is 0 Å². The van der Waals surface area contributed by atoms with Crippen LogP contribution in [0.15, 0.2) is 48.8 Å². The number of fused-ring (bicyclic) bond motifs is 1. The summed E-state index contributed by atoms with van der Waals surface area (Å²) in [6.07, 6.45) is 3.60. The standard InChI is InChI=1S/C13H10FN3/c14-10-1-3-11(4-2-10)17-13-12-9(5-7-15-12)6-8-16-13/h1-8,15H,(H,16,17). The van der Waals surface area contributed by atoms with E-state index in [4.69, 9.17) is 0 Å². The molecule has 0 spiro atoms. The van der Waals surface area contributed by atoms with Gasteiger partial charge in [-0.05, 0) is 36.4 Å². The number of nitrogens with one attached hydrogen (secondary N) is 2. The van der Waals surface area contributed by atoms with Crippen LogP contribution in [-0.2, 0) is 0 Å². The van der Waals surface area contributed by atoms with Gasteiger partial charge in [0.15, 0.2) is 5.82 Å². The SMILES string of the molecule is Fc1ccc(Nc2nccc3cc[nH]c23)cc1. The molecule has 84 valence electrons. The van der Waals surface area contributed by atoms with Crippen LogP contribution >= 0.6 is 0 Å². The molecule has 1 aromatic carbocycles. The summed E-state index contributed by atoms with van der Waals surface area (Å²) < 4.78 is 12.8. The zero-order chi connectivity index (χ0) is 11.7. The molecule has 3 nitrogen and oxygen atoms in total. The van der Waals surface area contributed by atoms with Crippen molar-refractivity contribution in [3.05, 3.63) is 54.6 Å². The highest BCUT2D eigenvalue weighted by Gasteiger charge is 2.03. The molecule has 3 rings (SSSR count). The Morgan fingerprint density at radius 2 is 1.88 bits per heavy atom. The summed E-state index contributed by atoms with van der Waals surface area (Å²) in [4.78, 5) is 7.38. The van der Waals surface area contributed by atoms with Crippen molar-refractivity contribution in [1.82, 2.24) is 9.97 Å². The average Bonchev–Trinajstić information content (AvgIpc) is 2.81. The van der Waals surface area contributed by atoms with Gasteiger partial charge in [0.25, 0.3) is 0 Å². The molecule has 0 amide bonds. The van der Waals surface area contributed by atoms with Gasteiger partial charge in [0.2, 0.25) is 0 Å². The number of H-pyrrole nitrogens is 1. The fraction of sp³-hybridized carbons (Fsp3) is 0. The number of nitrogens with zero attached hydrogens (tertiary/aromatic N) is 1. The van der Waals surface area contributed by atoms with Gasteiger partial charge in [0, 0.05) is 23.5 Å². The molecule has 2 heterocycles. The van der Waals surface area contributed by atoms with E-state index in [1.807, 2.05) is 18.3 Å². The molecule has 0 aliphatic rings. The molecular formula is C13H10FN3. The summed E-state index contributed by atoms with van der Waals surface area (Å²) in [5.74, 6) is 0.487. The van der Waals surface area contributed by atoms with Crippen molar-refractivity contribution in [1.29, 1.82) is 0 Å². The van der Waals surface area contributed by atoms with Crippen molar-refractivity contribution in [2.45, 2.75) is 0 Å². The molecule has 0 aliphatic carbocycles. The van der Waals surface area contributed by atoms with Gasteiger partial charge in [-0.2, -0.15) is 0 Å². The fourth-order valence-corrected chi connectivity index (χ4v) is 1.75. The third kappa shape index (κ3) is 1.85. The number of benzene rings is 1. The Kier molecular flexibility index (Phi) is 2.26. The van der Waals surface area contributed by atoms with E-state index in [0.29, 0.717) is 0 Å². The second-order valence-corrected chi connectivity index (χ2v) is 3.73. The number of halogens is 1. The Hall–Kier alpha value is -2.36. The largest absolute Gasteiger partial charge is 0.358 e. The maximum atomic E-state index is 12.8. The van der Waals surface area contributed by atoms with E-state index < -0.39 is 0 Å². The predicted molar refractivity (Wildman–Crippen MR) is 65.8 cm³/mol. The molecule has 0 unspecified atom stereocenters. The van der Waals surface area contributed by atoms with Gasteiger partial charge in [0.1, 0.15) is 5.82 Å². The molecular weight excluding hydrogens is 217 g/mol. The highest BCUT2D eigenvalue weighted by Crippen LogP contribution is 2.22. The van der Waals surface area contributed by atoms with Crippen LogP contribution < -0.4 is 5.32 Å². The maximum absolute atomic E-state index is 12.8. The van der Waals surface area contributed by atoms with E-state index >= 15 is 0 Å². The summed E-state index contributed by atoms with van der Waals surface area (Å²) >= 11 is 0. The van der Waals surface area contributed by atoms with Crippen molar-refractivity contribution < 1.29 is 4.39 Å². The van der Waals surface area contributed by atoms with Crippen LogP contribution in [0.1, 0.15) is 0 Å². The molecule has 0 saturated heterocycles. The summed E-state index contributed by atoms with van der Waals surface area (Å²) in [5, 5.41) is 4.24. The van der Waals surface area contributed by atoms with Crippen LogP contribution in [-0.4, -0.2) is 9.97 Å². The minimum atomic E-state index is -0.249. The van der Waals surface area contributed by atoms with Crippen LogP contribution in [0.2, 0.25) is 0 Å². The first kappa shape index (κ1) is 9.84. The minimum absolute atomic E-state index is 0.249. The van der Waals surface area contributed by atoms with Crippen LogP contribution in [0.25, 0.3) is 10.9 Å². The monoisotopic (exact) mass is 227 g/mol. The molecule has 3 aromatic rings. The van der Waals surface area contributed by atoms with Crippen LogP contribution in [0.4, 0.5) is 15.9 Å². The second kappa shape index (κ2) is 3.90. The predicted octanol–water partition coefficient (Wildman–Crippen LogP) is 3.45. The number of rotatable bonds is 2. The lowest BCUT2D eigenvalue weighted by Crippen LogP contribution is -1.94. The van der Waals surface area contributed by atoms with Crippen molar-refractivity contribution in [2.24, 2.45) is 0 Å². The number of anilines is 2. The molecule has 2 aromatic heterocycles. The molecule has 0 aliphatic heterocycles. The van der Waals surface area contributed by atoms with Gasteiger partial charge in [0.05, 0.1) is 5.52 Å². The Balaban J connectivity index is 1.99. The van der Waals surface area contributed by atoms with Crippen LogP contribution in [0.5, 0.6) is 0 Å². The van der Waals surface area contributed by atoms with Crippen molar-refractivity contribution in [2.75, 3.05) is 5.32 Å². The second-order valence-electron chi connectivity index (χ2n) is 3.73. The highest BCUT2D eigenvalue weighted by molar-refractivity contribution is 5.90. The van der Waals surface area contributed by atoms with E-state index in [2.05, 4.69) is 15.3 Å². The van der Waals surface area contributed by atoms with E-state index in [-0.39, 0.29) is 5.82 Å². The first-order chi connectivity index (χ1) is 8.33. The van der Waals surface area contributed by atoms with E-state index in [9.17, 15) is 4.39 Å². The summed E-state index contributed by atoms with van der Waals surface area (Å²) in [7, 11) is 0. The lowest BCUT2D eigenvalue weighted by atomic mass is 10.3. The van der Waals surface area contributed by atoms with Gasteiger partial charge in [-0.1, -0.05) is 0 Å². The highest BCUT2D eigenvalue weighted by atomic mass is 19.1. The zero-order valence-electron chi connectivity index (χ0n) is 8.94. The van der Waals surface area contributed by atoms with Crippen molar-refractivity contribution in [3.8, 4) is 0 Å². The van der Waals surface area contributed by atoms with Gasteiger partial charge >= 0.3 is 0 Å². The van der Waals surface area contributed by atoms with E-state index in [1.54, 1.807) is 18.3 Å². The molecule has 2 N–H and O–H groups in total. The number of aromatic amines is 1. The Morgan fingerprint density at radius 3 is 2.71 bits per heavy atom. The van der Waals surface area contributed by atoms with E-state index in [1.165, 1.54) is 12.1 Å². The quantitative estimate of drug-likeness (QED) is 0.704. The number of hydrogen-bond acceptors (Lipinski definition) is 2. The third-order valence-electron chi connectivity index (χ3n) is 2.58. The maximum Gasteiger partial charge on any atom is 0.154 e. The zero-order valence-corrected chi connectivity index (χ0v) is 8.94. The molecule has 0 atom stereocenters. The van der Waals surface area contributed by atoms with Crippen LogP contribution in [0.3, 0.4) is 0 Å².